The predicted molar refractivity (Wildman–Crippen MR) is 155 cm³/mol. The van der Waals surface area contributed by atoms with Crippen LogP contribution in [-0.2, 0) is 35.1 Å². The summed E-state index contributed by atoms with van der Waals surface area (Å²) in [5.41, 5.74) is 2.00. The third-order valence-corrected chi connectivity index (χ3v) is 9.95. The summed E-state index contributed by atoms with van der Waals surface area (Å²) in [6, 6.07) is 22.3. The molecule has 1 aromatic heterocycles. The first-order chi connectivity index (χ1) is 19.3. The van der Waals surface area contributed by atoms with Crippen LogP contribution >= 0.6 is 39.0 Å². The van der Waals surface area contributed by atoms with E-state index in [2.05, 4.69) is 21.2 Å². The number of alkyl halides is 1. The summed E-state index contributed by atoms with van der Waals surface area (Å²) >= 11 is 6.27. The fourth-order valence-electron chi connectivity index (χ4n) is 4.55. The number of thiophene rings is 1. The van der Waals surface area contributed by atoms with Gasteiger partial charge in [-0.3, -0.25) is 19.3 Å². The van der Waals surface area contributed by atoms with E-state index in [1.54, 1.807) is 0 Å². The van der Waals surface area contributed by atoms with Gasteiger partial charge in [-0.2, -0.15) is 0 Å². The number of β-lactam (4-membered cyclic amide) rings is 1. The largest absolute Gasteiger partial charge is 0.461 e. The first-order valence-electron chi connectivity index (χ1n) is 12.4. The summed E-state index contributed by atoms with van der Waals surface area (Å²) in [5, 5.41) is 4.08. The number of hydrogen-bond acceptors (Lipinski definition) is 8. The minimum atomic E-state index is -1.39. The molecule has 0 bridgehead atoms. The lowest BCUT2D eigenvalue weighted by atomic mass is 10.0. The van der Waals surface area contributed by atoms with Crippen molar-refractivity contribution in [2.24, 2.45) is 0 Å². The Kier molecular flexibility index (Phi) is 8.43. The molecule has 3 aromatic rings. The maximum absolute atomic E-state index is 13.9. The van der Waals surface area contributed by atoms with Gasteiger partial charge in [0.2, 0.25) is 10.4 Å². The average molecular weight is 642 g/mol. The molecule has 2 aromatic carbocycles. The SMILES string of the molecule is CC(=O)OCC1=C(C(=O)OC(c2ccccc2)c2ccccc2)N2C(=O)[C@](Br)(NC(=O)Cc3cccs3)[C@H]2SC1. The van der Waals surface area contributed by atoms with E-state index in [9.17, 15) is 19.2 Å². The number of amides is 2. The van der Waals surface area contributed by atoms with E-state index in [0.29, 0.717) is 11.3 Å². The van der Waals surface area contributed by atoms with Crippen molar-refractivity contribution in [3.63, 3.8) is 0 Å². The Morgan fingerprint density at radius 2 is 1.70 bits per heavy atom. The molecule has 8 nitrogen and oxygen atoms in total. The lowest BCUT2D eigenvalue weighted by Crippen LogP contribution is -2.77. The highest BCUT2D eigenvalue weighted by Gasteiger charge is 2.64. The van der Waals surface area contributed by atoms with Gasteiger partial charge >= 0.3 is 11.9 Å². The van der Waals surface area contributed by atoms with Crippen molar-refractivity contribution in [1.29, 1.82) is 0 Å². The van der Waals surface area contributed by atoms with Crippen molar-refractivity contribution in [1.82, 2.24) is 10.2 Å². The summed E-state index contributed by atoms with van der Waals surface area (Å²) in [6.45, 7) is 1.12. The van der Waals surface area contributed by atoms with Gasteiger partial charge in [0.15, 0.2) is 6.10 Å². The van der Waals surface area contributed by atoms with Crippen molar-refractivity contribution >= 4 is 62.8 Å². The van der Waals surface area contributed by atoms with Gasteiger partial charge in [0, 0.05) is 23.1 Å². The zero-order chi connectivity index (χ0) is 28.3. The van der Waals surface area contributed by atoms with Crippen LogP contribution in [0.5, 0.6) is 0 Å². The standard InChI is InChI=1S/C29H25BrN2O6S2/c1-18(33)37-16-21-17-40-28-29(30,31-23(34)15-22-13-8-14-39-22)27(36)32(28)24(21)26(35)38-25(19-9-4-2-5-10-19)20-11-6-3-7-12-20/h2-14,25,28H,15-17H2,1H3,(H,31,34)/t28-,29+/m1/s1. The monoisotopic (exact) mass is 640 g/mol. The van der Waals surface area contributed by atoms with E-state index in [1.807, 2.05) is 78.2 Å². The molecule has 40 heavy (non-hydrogen) atoms. The number of nitrogens with one attached hydrogen (secondary N) is 1. The third-order valence-electron chi connectivity index (χ3n) is 6.40. The molecular weight excluding hydrogens is 616 g/mol. The number of rotatable bonds is 9. The van der Waals surface area contributed by atoms with E-state index in [-0.39, 0.29) is 24.6 Å². The number of esters is 2. The Hall–Kier alpha value is -3.41. The molecule has 0 radical (unpaired) electrons. The van der Waals surface area contributed by atoms with Crippen molar-refractivity contribution < 1.29 is 28.7 Å². The molecule has 0 aliphatic carbocycles. The number of carbonyl (C=O) groups excluding carboxylic acids is 4. The summed E-state index contributed by atoms with van der Waals surface area (Å²) in [5.74, 6) is -1.77. The summed E-state index contributed by atoms with van der Waals surface area (Å²) in [4.78, 5) is 54.0. The van der Waals surface area contributed by atoms with Gasteiger partial charge in [-0.1, -0.05) is 66.7 Å². The molecule has 2 atom stereocenters. The molecule has 11 heteroatoms. The van der Waals surface area contributed by atoms with Crippen molar-refractivity contribution in [2.75, 3.05) is 12.4 Å². The molecule has 0 spiro atoms. The van der Waals surface area contributed by atoms with Gasteiger partial charge in [0.05, 0.1) is 6.42 Å². The molecule has 0 unspecified atom stereocenters. The zero-order valence-corrected chi connectivity index (χ0v) is 24.6. The van der Waals surface area contributed by atoms with Crippen LogP contribution in [0.2, 0.25) is 0 Å². The van der Waals surface area contributed by atoms with Crippen LogP contribution in [-0.4, -0.2) is 50.8 Å². The summed E-state index contributed by atoms with van der Waals surface area (Å²) < 4.78 is 9.91. The lowest BCUT2D eigenvalue weighted by Gasteiger charge is -2.54. The van der Waals surface area contributed by atoms with Gasteiger partial charge in [-0.25, -0.2) is 4.79 Å². The lowest BCUT2D eigenvalue weighted by molar-refractivity contribution is -0.156. The minimum absolute atomic E-state index is 0.0226. The molecule has 1 fully saturated rings. The molecular formula is C29H25BrN2O6S2. The molecule has 1 saturated heterocycles. The first-order valence-corrected chi connectivity index (χ1v) is 15.1. The minimum Gasteiger partial charge on any atom is -0.461 e. The number of ether oxygens (including phenoxy) is 2. The highest BCUT2D eigenvalue weighted by molar-refractivity contribution is 9.10. The highest BCUT2D eigenvalue weighted by atomic mass is 79.9. The smallest absolute Gasteiger partial charge is 0.356 e. The number of carbonyl (C=O) groups is 4. The molecule has 5 rings (SSSR count). The molecule has 2 aliphatic rings. The number of halogens is 1. The topological polar surface area (TPSA) is 102 Å². The van der Waals surface area contributed by atoms with Gasteiger partial charge in [0.25, 0.3) is 5.91 Å². The van der Waals surface area contributed by atoms with E-state index in [0.717, 1.165) is 16.0 Å². The van der Waals surface area contributed by atoms with Crippen LogP contribution < -0.4 is 5.32 Å². The highest BCUT2D eigenvalue weighted by Crippen LogP contribution is 2.49. The maximum Gasteiger partial charge on any atom is 0.356 e. The second-order valence-electron chi connectivity index (χ2n) is 9.19. The fraction of sp³-hybridized carbons (Fsp3) is 0.241. The van der Waals surface area contributed by atoms with E-state index >= 15 is 0 Å². The number of benzene rings is 2. The predicted octanol–water partition coefficient (Wildman–Crippen LogP) is 4.56. The number of nitrogens with zero attached hydrogens (tertiary/aromatic N) is 1. The first kappa shape index (κ1) is 28.1. The second kappa shape index (κ2) is 12.0. The van der Waals surface area contributed by atoms with Crippen LogP contribution in [0.15, 0.2) is 89.4 Å². The number of hydrogen-bond donors (Lipinski definition) is 1. The molecule has 1 N–H and O–H groups in total. The number of thioether (sulfide) groups is 1. The Morgan fingerprint density at radius 3 is 2.27 bits per heavy atom. The van der Waals surface area contributed by atoms with Crippen LogP contribution in [0.3, 0.4) is 0 Å². The molecule has 0 saturated carbocycles. The Balaban J connectivity index is 1.43. The molecule has 2 amide bonds. The quantitative estimate of drug-likeness (QED) is 0.158. The van der Waals surface area contributed by atoms with Crippen LogP contribution in [0.25, 0.3) is 0 Å². The van der Waals surface area contributed by atoms with Crippen molar-refractivity contribution in [3.8, 4) is 0 Å². The van der Waals surface area contributed by atoms with Gasteiger partial charge in [-0.05, 0) is 38.5 Å². The average Bonchev–Trinajstić information content (AvgIpc) is 3.47. The van der Waals surface area contributed by atoms with E-state index < -0.39 is 33.8 Å². The van der Waals surface area contributed by atoms with Gasteiger partial charge in [-0.15, -0.1) is 23.1 Å². The van der Waals surface area contributed by atoms with Crippen LogP contribution in [0.1, 0.15) is 29.0 Å². The van der Waals surface area contributed by atoms with Crippen LogP contribution in [0, 0.1) is 0 Å². The normalized spacial score (nSPS) is 20.0. The summed E-state index contributed by atoms with van der Waals surface area (Å²) in [6.07, 6.45) is -0.602. The Morgan fingerprint density at radius 1 is 1.05 bits per heavy atom. The zero-order valence-electron chi connectivity index (χ0n) is 21.4. The fourth-order valence-corrected chi connectivity index (χ4v) is 7.58. The number of fused-ring (bicyclic) bond motifs is 1. The van der Waals surface area contributed by atoms with E-state index in [1.165, 1.54) is 34.9 Å². The Labute approximate surface area is 247 Å². The van der Waals surface area contributed by atoms with Gasteiger partial charge < -0.3 is 14.8 Å². The summed E-state index contributed by atoms with van der Waals surface area (Å²) in [7, 11) is 0. The molecule has 206 valence electrons. The third kappa shape index (κ3) is 5.72. The molecule has 3 heterocycles. The maximum atomic E-state index is 13.9. The van der Waals surface area contributed by atoms with E-state index in [4.69, 9.17) is 9.47 Å². The van der Waals surface area contributed by atoms with Crippen LogP contribution in [0.4, 0.5) is 0 Å². The Bertz CT molecular complexity index is 1410. The van der Waals surface area contributed by atoms with Crippen molar-refractivity contribution in [3.05, 3.63) is 105 Å². The molecule has 2 aliphatic heterocycles. The van der Waals surface area contributed by atoms with Gasteiger partial charge in [0.1, 0.15) is 17.7 Å². The second-order valence-corrected chi connectivity index (χ2v) is 12.5. The van der Waals surface area contributed by atoms with Crippen molar-refractivity contribution in [2.45, 2.75) is 29.3 Å².